The SMILES string of the molecule is CN(C[C@@H]1COc2ccccc2O1)C(=O)c1ccc(NC(=O)c2ccccc2)cc1. The van der Waals surface area contributed by atoms with Crippen LogP contribution in [0.1, 0.15) is 20.7 Å². The number of fused-ring (bicyclic) bond motifs is 1. The minimum absolute atomic E-state index is 0.126. The van der Waals surface area contributed by atoms with E-state index in [-0.39, 0.29) is 17.9 Å². The predicted octanol–water partition coefficient (Wildman–Crippen LogP) is 3.85. The molecule has 152 valence electrons. The van der Waals surface area contributed by atoms with Gasteiger partial charge in [-0.2, -0.15) is 0 Å². The normalized spacial score (nSPS) is 14.6. The first-order valence-electron chi connectivity index (χ1n) is 9.70. The maximum absolute atomic E-state index is 12.8. The number of nitrogens with one attached hydrogen (secondary N) is 1. The number of rotatable bonds is 5. The average molecular weight is 402 g/mol. The fourth-order valence-electron chi connectivity index (χ4n) is 3.25. The highest BCUT2D eigenvalue weighted by Gasteiger charge is 2.24. The summed E-state index contributed by atoms with van der Waals surface area (Å²) in [6.07, 6.45) is -0.238. The molecule has 0 radical (unpaired) electrons. The summed E-state index contributed by atoms with van der Waals surface area (Å²) < 4.78 is 11.6. The van der Waals surface area contributed by atoms with Crippen LogP contribution in [-0.4, -0.2) is 43.0 Å². The summed E-state index contributed by atoms with van der Waals surface area (Å²) in [7, 11) is 1.73. The Kier molecular flexibility index (Phi) is 5.66. The number of carbonyl (C=O) groups is 2. The van der Waals surface area contributed by atoms with Gasteiger partial charge in [-0.05, 0) is 48.5 Å². The van der Waals surface area contributed by atoms with Crippen molar-refractivity contribution in [1.29, 1.82) is 0 Å². The predicted molar refractivity (Wildman–Crippen MR) is 114 cm³/mol. The van der Waals surface area contributed by atoms with Crippen molar-refractivity contribution in [3.05, 3.63) is 90.0 Å². The van der Waals surface area contributed by atoms with E-state index < -0.39 is 0 Å². The number of hydrogen-bond acceptors (Lipinski definition) is 4. The van der Waals surface area contributed by atoms with Crippen molar-refractivity contribution in [1.82, 2.24) is 4.90 Å². The maximum Gasteiger partial charge on any atom is 0.255 e. The van der Waals surface area contributed by atoms with Gasteiger partial charge in [-0.1, -0.05) is 30.3 Å². The van der Waals surface area contributed by atoms with Gasteiger partial charge in [0.15, 0.2) is 17.6 Å². The van der Waals surface area contributed by atoms with Crippen molar-refractivity contribution in [3.63, 3.8) is 0 Å². The second-order valence-corrected chi connectivity index (χ2v) is 7.08. The molecule has 1 atom stereocenters. The Balaban J connectivity index is 1.35. The molecule has 0 saturated heterocycles. The molecule has 1 aliphatic heterocycles. The maximum atomic E-state index is 12.8. The highest BCUT2D eigenvalue weighted by molar-refractivity contribution is 6.04. The van der Waals surface area contributed by atoms with Gasteiger partial charge in [0.25, 0.3) is 11.8 Å². The molecule has 6 nitrogen and oxygen atoms in total. The quantitative estimate of drug-likeness (QED) is 0.704. The van der Waals surface area contributed by atoms with Gasteiger partial charge in [0.2, 0.25) is 0 Å². The minimum Gasteiger partial charge on any atom is -0.486 e. The molecule has 6 heteroatoms. The number of likely N-dealkylation sites (N-methyl/N-ethyl adjacent to an activating group) is 1. The van der Waals surface area contributed by atoms with E-state index in [2.05, 4.69) is 5.32 Å². The van der Waals surface area contributed by atoms with Crippen LogP contribution < -0.4 is 14.8 Å². The van der Waals surface area contributed by atoms with E-state index >= 15 is 0 Å². The number of anilines is 1. The topological polar surface area (TPSA) is 67.9 Å². The van der Waals surface area contributed by atoms with Crippen molar-refractivity contribution >= 4 is 17.5 Å². The second-order valence-electron chi connectivity index (χ2n) is 7.08. The Hall–Kier alpha value is -3.80. The molecule has 1 N–H and O–H groups in total. The fraction of sp³-hybridized carbons (Fsp3) is 0.167. The molecule has 0 fully saturated rings. The monoisotopic (exact) mass is 402 g/mol. The number of benzene rings is 3. The molecule has 0 unspecified atom stereocenters. The Labute approximate surface area is 175 Å². The van der Waals surface area contributed by atoms with Crippen LogP contribution in [-0.2, 0) is 0 Å². The minimum atomic E-state index is -0.238. The van der Waals surface area contributed by atoms with Crippen LogP contribution >= 0.6 is 0 Å². The summed E-state index contributed by atoms with van der Waals surface area (Å²) in [5.74, 6) is 1.09. The summed E-state index contributed by atoms with van der Waals surface area (Å²) in [4.78, 5) is 26.6. The van der Waals surface area contributed by atoms with Crippen molar-refractivity contribution < 1.29 is 19.1 Å². The molecule has 4 rings (SSSR count). The smallest absolute Gasteiger partial charge is 0.255 e. The zero-order chi connectivity index (χ0) is 20.9. The number of carbonyl (C=O) groups excluding carboxylic acids is 2. The van der Waals surface area contributed by atoms with Crippen molar-refractivity contribution in [2.24, 2.45) is 0 Å². The van der Waals surface area contributed by atoms with E-state index in [1.165, 1.54) is 0 Å². The van der Waals surface area contributed by atoms with Gasteiger partial charge < -0.3 is 19.7 Å². The van der Waals surface area contributed by atoms with Crippen LogP contribution in [0.15, 0.2) is 78.9 Å². The Morgan fingerprint density at radius 3 is 2.30 bits per heavy atom. The number of amides is 2. The lowest BCUT2D eigenvalue weighted by atomic mass is 10.1. The molecule has 0 aliphatic carbocycles. The lowest BCUT2D eigenvalue weighted by Crippen LogP contribution is -2.41. The van der Waals surface area contributed by atoms with Gasteiger partial charge >= 0.3 is 0 Å². The third-order valence-electron chi connectivity index (χ3n) is 4.82. The highest BCUT2D eigenvalue weighted by atomic mass is 16.6. The van der Waals surface area contributed by atoms with Gasteiger partial charge in [0.05, 0.1) is 6.54 Å². The fourth-order valence-corrected chi connectivity index (χ4v) is 3.25. The number of nitrogens with zero attached hydrogens (tertiary/aromatic N) is 1. The van der Waals surface area contributed by atoms with E-state index in [4.69, 9.17) is 9.47 Å². The standard InChI is InChI=1S/C24H22N2O4/c1-26(15-20-16-29-21-9-5-6-10-22(21)30-20)24(28)18-11-13-19(14-12-18)25-23(27)17-7-3-2-4-8-17/h2-14,20H,15-16H2,1H3,(H,25,27)/t20-/m1/s1. The number of para-hydroxylation sites is 2. The lowest BCUT2D eigenvalue weighted by Gasteiger charge is -2.29. The number of hydrogen-bond donors (Lipinski definition) is 1. The molecule has 0 spiro atoms. The molecule has 0 saturated carbocycles. The molecule has 1 heterocycles. The van der Waals surface area contributed by atoms with Crippen LogP contribution in [0.2, 0.25) is 0 Å². The van der Waals surface area contributed by atoms with Gasteiger partial charge in [0.1, 0.15) is 6.61 Å². The van der Waals surface area contributed by atoms with Gasteiger partial charge in [-0.15, -0.1) is 0 Å². The Morgan fingerprint density at radius 2 is 1.57 bits per heavy atom. The van der Waals surface area contributed by atoms with Crippen LogP contribution in [0.25, 0.3) is 0 Å². The molecule has 2 amide bonds. The Morgan fingerprint density at radius 1 is 0.900 bits per heavy atom. The third-order valence-corrected chi connectivity index (χ3v) is 4.82. The zero-order valence-electron chi connectivity index (χ0n) is 16.6. The van der Waals surface area contributed by atoms with Gasteiger partial charge in [0, 0.05) is 23.9 Å². The summed E-state index contributed by atoms with van der Waals surface area (Å²) in [6, 6.07) is 23.3. The first kappa shape index (κ1) is 19.5. The molecule has 0 bridgehead atoms. The van der Waals surface area contributed by atoms with Gasteiger partial charge in [-0.3, -0.25) is 9.59 Å². The van der Waals surface area contributed by atoms with Crippen molar-refractivity contribution in [3.8, 4) is 11.5 Å². The van der Waals surface area contributed by atoms with E-state index in [9.17, 15) is 9.59 Å². The summed E-state index contributed by atoms with van der Waals surface area (Å²) in [5, 5.41) is 2.83. The first-order valence-corrected chi connectivity index (χ1v) is 9.70. The summed E-state index contributed by atoms with van der Waals surface area (Å²) in [6.45, 7) is 0.790. The molecular formula is C24H22N2O4. The molecule has 3 aromatic rings. The molecule has 30 heavy (non-hydrogen) atoms. The van der Waals surface area contributed by atoms with Crippen LogP contribution in [0.3, 0.4) is 0 Å². The zero-order valence-corrected chi connectivity index (χ0v) is 16.6. The van der Waals surface area contributed by atoms with Crippen molar-refractivity contribution in [2.75, 3.05) is 25.5 Å². The molecule has 1 aliphatic rings. The summed E-state index contributed by atoms with van der Waals surface area (Å²) >= 11 is 0. The lowest BCUT2D eigenvalue weighted by molar-refractivity contribution is 0.0521. The van der Waals surface area contributed by atoms with Crippen LogP contribution in [0, 0.1) is 0 Å². The number of ether oxygens (including phenoxy) is 2. The van der Waals surface area contributed by atoms with E-state index in [1.807, 2.05) is 42.5 Å². The summed E-state index contributed by atoms with van der Waals surface area (Å²) in [5.41, 5.74) is 1.74. The highest BCUT2D eigenvalue weighted by Crippen LogP contribution is 2.31. The molecular weight excluding hydrogens is 380 g/mol. The molecule has 3 aromatic carbocycles. The third kappa shape index (κ3) is 4.43. The largest absolute Gasteiger partial charge is 0.486 e. The second kappa shape index (κ2) is 8.69. The first-order chi connectivity index (χ1) is 14.6. The van der Waals surface area contributed by atoms with E-state index in [1.54, 1.807) is 48.3 Å². The van der Waals surface area contributed by atoms with E-state index in [0.29, 0.717) is 35.7 Å². The van der Waals surface area contributed by atoms with Crippen LogP contribution in [0.5, 0.6) is 11.5 Å². The Bertz CT molecular complexity index is 1030. The average Bonchev–Trinajstić information content (AvgIpc) is 2.79. The van der Waals surface area contributed by atoms with Gasteiger partial charge in [-0.25, -0.2) is 0 Å². The molecule has 0 aromatic heterocycles. The van der Waals surface area contributed by atoms with Crippen molar-refractivity contribution in [2.45, 2.75) is 6.10 Å². The van der Waals surface area contributed by atoms with Crippen LogP contribution in [0.4, 0.5) is 5.69 Å². The van der Waals surface area contributed by atoms with E-state index in [0.717, 1.165) is 5.75 Å².